The van der Waals surface area contributed by atoms with Crippen LogP contribution in [0.5, 0.6) is 0 Å². The molecule has 6 nitrogen and oxygen atoms in total. The molecular formula is C15H13N3O3. The normalized spacial score (nSPS) is 58.2. The highest BCUT2D eigenvalue weighted by atomic mass is 16.2. The van der Waals surface area contributed by atoms with Gasteiger partial charge in [-0.3, -0.25) is 4.79 Å². The van der Waals surface area contributed by atoms with E-state index in [0.29, 0.717) is 23.7 Å². The van der Waals surface area contributed by atoms with Crippen LogP contribution in [0.1, 0.15) is 18.5 Å². The van der Waals surface area contributed by atoms with Gasteiger partial charge in [-0.25, -0.2) is 23.5 Å². The predicted octanol–water partition coefficient (Wildman–Crippen LogP) is -0.535. The van der Waals surface area contributed by atoms with Crippen molar-refractivity contribution in [2.45, 2.75) is 18.5 Å². The highest BCUT2D eigenvalue weighted by Gasteiger charge is 3.04. The molecule has 2 bridgehead atoms. The quantitative estimate of drug-likeness (QED) is 0.642. The average molecular weight is 283 g/mol. The molecule has 1 aromatic heterocycles. The van der Waals surface area contributed by atoms with Crippen LogP contribution in [0.4, 0.5) is 0 Å². The number of carbonyl (C=O) groups excluding carboxylic acids is 1. The van der Waals surface area contributed by atoms with Gasteiger partial charge in [-0.15, -0.1) is 0 Å². The van der Waals surface area contributed by atoms with Gasteiger partial charge in [-0.05, 0) is 36.2 Å². The van der Waals surface area contributed by atoms with E-state index >= 15 is 0 Å². The van der Waals surface area contributed by atoms with Gasteiger partial charge in [0, 0.05) is 12.5 Å². The molecule has 8 rings (SSSR count). The Bertz CT molecular complexity index is 964. The molecule has 106 valence electrons. The van der Waals surface area contributed by atoms with Gasteiger partial charge in [-0.2, -0.15) is 0 Å². The second-order valence-corrected chi connectivity index (χ2v) is 7.79. The summed E-state index contributed by atoms with van der Waals surface area (Å²) in [4.78, 5) is 37.8. The van der Waals surface area contributed by atoms with E-state index in [0.717, 1.165) is 6.42 Å². The Morgan fingerprint density at radius 2 is 1.71 bits per heavy atom. The molecule has 4 saturated carbocycles. The third-order valence-electron chi connectivity index (χ3n) is 7.89. The van der Waals surface area contributed by atoms with Gasteiger partial charge in [0.25, 0.3) is 0 Å². The molecule has 5 aliphatic carbocycles. The Labute approximate surface area is 118 Å². The zero-order chi connectivity index (χ0) is 14.0. The Balaban J connectivity index is 1.70. The minimum Gasteiger partial charge on any atom is -0.294 e. The first-order valence-corrected chi connectivity index (χ1v) is 7.71. The molecule has 0 aromatic carbocycles. The standard InChI is InChI=1S/C15H13N3O3/c1-16-12(20)17-10-7-6-8(7)11(18(17)13(16)21)15-5(19)3-2-4-14(10,15)9(6)15/h2-3,6-11H,4H2,1H3/t6-,7-,8+,9+,10+,11-,14+,15-/m0/s1. The Hall–Kier alpha value is -1.85. The molecule has 7 aliphatic rings. The van der Waals surface area contributed by atoms with Gasteiger partial charge >= 0.3 is 11.4 Å². The van der Waals surface area contributed by atoms with E-state index in [4.69, 9.17) is 0 Å². The Morgan fingerprint density at radius 3 is 2.48 bits per heavy atom. The van der Waals surface area contributed by atoms with Crippen molar-refractivity contribution < 1.29 is 4.79 Å². The second-order valence-electron chi connectivity index (χ2n) is 7.79. The molecule has 6 heteroatoms. The molecule has 4 fully saturated rings. The SMILES string of the molecule is Cn1c(=O)n2n(c1=O)[C@@H]1[C@@H]3[C@H]4[C@H]3[C@@H]3[C@]15CC=CC(=O)[C@@]35[C@H]42. The summed E-state index contributed by atoms with van der Waals surface area (Å²) < 4.78 is 4.60. The first-order chi connectivity index (χ1) is 10.1. The van der Waals surface area contributed by atoms with Crippen molar-refractivity contribution >= 4 is 5.78 Å². The van der Waals surface area contributed by atoms with Crippen LogP contribution in [0.2, 0.25) is 0 Å². The number of aromatic nitrogens is 3. The number of nitrogens with zero attached hydrogens (tertiary/aromatic N) is 3. The molecule has 0 N–H and O–H groups in total. The molecule has 2 aliphatic heterocycles. The van der Waals surface area contributed by atoms with E-state index < -0.39 is 0 Å². The predicted molar refractivity (Wildman–Crippen MR) is 69.6 cm³/mol. The maximum absolute atomic E-state index is 12.7. The number of hydrogen-bond donors (Lipinski definition) is 0. The third-order valence-corrected chi connectivity index (χ3v) is 7.89. The van der Waals surface area contributed by atoms with Gasteiger partial charge in [0.2, 0.25) is 0 Å². The van der Waals surface area contributed by atoms with Crippen LogP contribution in [-0.2, 0) is 11.8 Å². The number of ketones is 1. The van der Waals surface area contributed by atoms with Crippen molar-refractivity contribution in [1.29, 1.82) is 0 Å². The molecule has 2 spiro atoms. The van der Waals surface area contributed by atoms with Gasteiger partial charge in [0.15, 0.2) is 5.78 Å². The summed E-state index contributed by atoms with van der Waals surface area (Å²) in [6, 6.07) is 0.0270. The summed E-state index contributed by atoms with van der Waals surface area (Å²) >= 11 is 0. The van der Waals surface area contributed by atoms with E-state index in [1.54, 1.807) is 22.5 Å². The Morgan fingerprint density at radius 1 is 1.05 bits per heavy atom. The van der Waals surface area contributed by atoms with Crippen molar-refractivity contribution in [1.82, 2.24) is 13.9 Å². The van der Waals surface area contributed by atoms with Gasteiger partial charge in [0.1, 0.15) is 0 Å². The van der Waals surface area contributed by atoms with E-state index in [9.17, 15) is 14.4 Å². The van der Waals surface area contributed by atoms with Crippen LogP contribution in [0.15, 0.2) is 21.7 Å². The Kier molecular flexibility index (Phi) is 1.05. The number of rotatable bonds is 0. The summed E-state index contributed by atoms with van der Waals surface area (Å²) in [6.45, 7) is 0. The molecule has 0 saturated heterocycles. The van der Waals surface area contributed by atoms with Crippen molar-refractivity contribution in [3.8, 4) is 0 Å². The first kappa shape index (κ1) is 9.97. The van der Waals surface area contributed by atoms with E-state index in [2.05, 4.69) is 0 Å². The minimum atomic E-state index is -0.339. The number of hydrogen-bond acceptors (Lipinski definition) is 3. The van der Waals surface area contributed by atoms with Crippen molar-refractivity contribution in [3.63, 3.8) is 0 Å². The van der Waals surface area contributed by atoms with E-state index in [-0.39, 0.29) is 40.1 Å². The maximum Gasteiger partial charge on any atom is 0.347 e. The smallest absolute Gasteiger partial charge is 0.294 e. The van der Waals surface area contributed by atoms with Gasteiger partial charge < -0.3 is 0 Å². The number of allylic oxidation sites excluding steroid dienone is 2. The molecule has 21 heavy (non-hydrogen) atoms. The maximum atomic E-state index is 12.7. The summed E-state index contributed by atoms with van der Waals surface area (Å²) in [6.07, 6.45) is 4.63. The highest BCUT2D eigenvalue weighted by Crippen LogP contribution is 3.03. The molecule has 1 aromatic rings. The lowest BCUT2D eigenvalue weighted by molar-refractivity contribution is -0.129. The van der Waals surface area contributed by atoms with Crippen molar-refractivity contribution in [2.75, 3.05) is 0 Å². The number of carbonyl (C=O) groups is 1. The largest absolute Gasteiger partial charge is 0.347 e. The molecular weight excluding hydrogens is 270 g/mol. The molecule has 0 amide bonds. The highest BCUT2D eigenvalue weighted by molar-refractivity contribution is 6.02. The second kappa shape index (κ2) is 2.21. The molecule has 0 radical (unpaired) electrons. The summed E-state index contributed by atoms with van der Waals surface area (Å²) in [5.41, 5.74) is -0.812. The van der Waals surface area contributed by atoms with Crippen LogP contribution >= 0.6 is 0 Å². The third kappa shape index (κ3) is 0.557. The molecule has 0 unspecified atom stereocenters. The average Bonchev–Trinajstić information content (AvgIpc) is 3.25. The van der Waals surface area contributed by atoms with Crippen LogP contribution in [0, 0.1) is 34.5 Å². The lowest BCUT2D eigenvalue weighted by Crippen LogP contribution is -2.55. The minimum absolute atomic E-state index is 0.0365. The first-order valence-electron chi connectivity index (χ1n) is 7.71. The van der Waals surface area contributed by atoms with Gasteiger partial charge in [-0.1, -0.05) is 6.08 Å². The van der Waals surface area contributed by atoms with Crippen LogP contribution < -0.4 is 11.4 Å². The summed E-state index contributed by atoms with van der Waals surface area (Å²) in [7, 11) is 1.55. The monoisotopic (exact) mass is 283 g/mol. The van der Waals surface area contributed by atoms with Crippen LogP contribution in [0.25, 0.3) is 0 Å². The van der Waals surface area contributed by atoms with Crippen LogP contribution in [0.3, 0.4) is 0 Å². The zero-order valence-corrected chi connectivity index (χ0v) is 11.4. The van der Waals surface area contributed by atoms with E-state index in [1.807, 2.05) is 6.08 Å². The van der Waals surface area contributed by atoms with Gasteiger partial charge in [0.05, 0.1) is 17.5 Å². The fraction of sp³-hybridized carbons (Fsp3) is 0.667. The molecule has 3 heterocycles. The van der Waals surface area contributed by atoms with Crippen molar-refractivity contribution in [2.24, 2.45) is 41.5 Å². The lowest BCUT2D eigenvalue weighted by Gasteiger charge is -2.48. The fourth-order valence-electron chi connectivity index (χ4n) is 7.73. The van der Waals surface area contributed by atoms with Crippen LogP contribution in [-0.4, -0.2) is 19.7 Å². The topological polar surface area (TPSA) is 66.0 Å². The van der Waals surface area contributed by atoms with E-state index in [1.165, 1.54) is 4.57 Å². The zero-order valence-electron chi connectivity index (χ0n) is 11.4. The lowest BCUT2D eigenvalue weighted by atomic mass is 9.66. The summed E-state index contributed by atoms with van der Waals surface area (Å²) in [5, 5.41) is 0. The fourth-order valence-corrected chi connectivity index (χ4v) is 7.73. The summed E-state index contributed by atoms with van der Waals surface area (Å²) in [5.74, 6) is 2.24. The van der Waals surface area contributed by atoms with Crippen molar-refractivity contribution in [3.05, 3.63) is 33.1 Å². The molecule has 8 atom stereocenters.